The number of anilines is 1. The van der Waals surface area contributed by atoms with Crippen molar-refractivity contribution in [1.29, 1.82) is 0 Å². The zero-order valence-corrected chi connectivity index (χ0v) is 22.3. The molecule has 1 atom stereocenters. The lowest BCUT2D eigenvalue weighted by Gasteiger charge is -2.23. The van der Waals surface area contributed by atoms with E-state index >= 15 is 0 Å². The third kappa shape index (κ3) is 4.44. The molecule has 0 bridgehead atoms. The molecule has 1 unspecified atom stereocenters. The Kier molecular flexibility index (Phi) is 6.96. The molecule has 5 rings (SSSR count). The van der Waals surface area contributed by atoms with E-state index in [-0.39, 0.29) is 11.3 Å². The Balaban J connectivity index is 1.71. The van der Waals surface area contributed by atoms with Crippen LogP contribution in [0.2, 0.25) is 5.02 Å². The molecule has 1 fully saturated rings. The number of Topliss-reactive ketones (excluding diaryl/α,β-unsaturated/α-hetero) is 1. The van der Waals surface area contributed by atoms with Crippen LogP contribution in [-0.2, 0) is 9.59 Å². The van der Waals surface area contributed by atoms with E-state index in [0.29, 0.717) is 50.7 Å². The number of aliphatic hydroxyl groups excluding tert-OH is 1. The van der Waals surface area contributed by atoms with E-state index < -0.39 is 17.7 Å². The second-order valence-corrected chi connectivity index (χ2v) is 9.79. The summed E-state index contributed by atoms with van der Waals surface area (Å²) < 4.78 is 17.1. The van der Waals surface area contributed by atoms with Gasteiger partial charge in [0.1, 0.15) is 11.5 Å². The van der Waals surface area contributed by atoms with Crippen LogP contribution in [0.4, 0.5) is 5.13 Å². The minimum Gasteiger partial charge on any atom is -0.507 e. The van der Waals surface area contributed by atoms with Gasteiger partial charge in [-0.1, -0.05) is 29.0 Å². The van der Waals surface area contributed by atoms with Crippen molar-refractivity contribution in [3.63, 3.8) is 0 Å². The molecule has 0 radical (unpaired) electrons. The SMILES string of the molecule is CCOc1ccc(C(O)=C2C(=O)C(=O)N(c3nc4ccc(Cl)cc4s3)C2c2ccc(OC)c(OC)c2)cc1. The van der Waals surface area contributed by atoms with Crippen LogP contribution in [0.25, 0.3) is 16.0 Å². The van der Waals surface area contributed by atoms with Gasteiger partial charge in [0.05, 0.1) is 42.7 Å². The number of aromatic nitrogens is 1. The Bertz CT molecular complexity index is 1580. The summed E-state index contributed by atoms with van der Waals surface area (Å²) in [6.07, 6.45) is 0. The zero-order valence-electron chi connectivity index (χ0n) is 20.7. The summed E-state index contributed by atoms with van der Waals surface area (Å²) >= 11 is 7.39. The fourth-order valence-electron chi connectivity index (χ4n) is 4.39. The minimum atomic E-state index is -0.975. The Labute approximate surface area is 227 Å². The first kappa shape index (κ1) is 25.6. The first-order chi connectivity index (χ1) is 18.4. The van der Waals surface area contributed by atoms with Gasteiger partial charge >= 0.3 is 5.91 Å². The highest BCUT2D eigenvalue weighted by Crippen LogP contribution is 2.46. The fourth-order valence-corrected chi connectivity index (χ4v) is 5.66. The average Bonchev–Trinajstić information content (AvgIpc) is 3.45. The lowest BCUT2D eigenvalue weighted by Crippen LogP contribution is -2.29. The lowest BCUT2D eigenvalue weighted by atomic mass is 9.95. The third-order valence-electron chi connectivity index (χ3n) is 6.15. The Morgan fingerprint density at radius 1 is 1.03 bits per heavy atom. The zero-order chi connectivity index (χ0) is 27.0. The lowest BCUT2D eigenvalue weighted by molar-refractivity contribution is -0.132. The van der Waals surface area contributed by atoms with Gasteiger partial charge in [-0.25, -0.2) is 4.98 Å². The Morgan fingerprint density at radius 3 is 2.45 bits per heavy atom. The monoisotopic (exact) mass is 550 g/mol. The number of thiazole rings is 1. The maximum atomic E-state index is 13.5. The van der Waals surface area contributed by atoms with Gasteiger partial charge in [-0.2, -0.15) is 0 Å². The molecule has 1 aromatic heterocycles. The second-order valence-electron chi connectivity index (χ2n) is 8.35. The van der Waals surface area contributed by atoms with Crippen LogP contribution in [0.15, 0.2) is 66.2 Å². The predicted molar refractivity (Wildman–Crippen MR) is 147 cm³/mol. The van der Waals surface area contributed by atoms with Crippen molar-refractivity contribution < 1.29 is 28.9 Å². The first-order valence-corrected chi connectivity index (χ1v) is 12.9. The maximum Gasteiger partial charge on any atom is 0.301 e. The molecule has 0 aliphatic carbocycles. The number of ether oxygens (including phenoxy) is 3. The van der Waals surface area contributed by atoms with Crippen LogP contribution < -0.4 is 19.1 Å². The molecule has 1 aliphatic heterocycles. The van der Waals surface area contributed by atoms with Gasteiger partial charge in [0.2, 0.25) is 0 Å². The number of amides is 1. The van der Waals surface area contributed by atoms with Gasteiger partial charge in [0, 0.05) is 10.6 Å². The summed E-state index contributed by atoms with van der Waals surface area (Å²) in [5, 5.41) is 12.2. The molecule has 194 valence electrons. The van der Waals surface area contributed by atoms with Crippen molar-refractivity contribution in [2.24, 2.45) is 0 Å². The number of halogens is 1. The average molecular weight is 551 g/mol. The first-order valence-electron chi connectivity index (χ1n) is 11.7. The number of aliphatic hydroxyl groups is 1. The highest BCUT2D eigenvalue weighted by atomic mass is 35.5. The van der Waals surface area contributed by atoms with Crippen molar-refractivity contribution in [1.82, 2.24) is 4.98 Å². The van der Waals surface area contributed by atoms with E-state index in [4.69, 9.17) is 25.8 Å². The van der Waals surface area contributed by atoms with Crippen LogP contribution >= 0.6 is 22.9 Å². The minimum absolute atomic E-state index is 0.0660. The van der Waals surface area contributed by atoms with Gasteiger partial charge in [0.15, 0.2) is 16.6 Å². The molecule has 4 aromatic rings. The van der Waals surface area contributed by atoms with Crippen molar-refractivity contribution in [2.75, 3.05) is 25.7 Å². The van der Waals surface area contributed by atoms with Crippen molar-refractivity contribution in [3.8, 4) is 17.2 Å². The summed E-state index contributed by atoms with van der Waals surface area (Å²) in [5.74, 6) is -0.426. The number of methoxy groups -OCH3 is 2. The molecule has 1 saturated heterocycles. The molecule has 8 nitrogen and oxygen atoms in total. The number of hydrogen-bond acceptors (Lipinski definition) is 8. The molecular weight excluding hydrogens is 528 g/mol. The number of rotatable bonds is 7. The molecule has 0 spiro atoms. The number of benzene rings is 3. The highest BCUT2D eigenvalue weighted by molar-refractivity contribution is 7.22. The highest BCUT2D eigenvalue weighted by Gasteiger charge is 2.48. The van der Waals surface area contributed by atoms with E-state index in [1.807, 2.05) is 6.92 Å². The quantitative estimate of drug-likeness (QED) is 0.171. The number of ketones is 1. The summed E-state index contributed by atoms with van der Waals surface area (Å²) in [6.45, 7) is 2.36. The van der Waals surface area contributed by atoms with Gasteiger partial charge in [-0.15, -0.1) is 0 Å². The smallest absolute Gasteiger partial charge is 0.301 e. The second kappa shape index (κ2) is 10.4. The Hall–Kier alpha value is -4.08. The fraction of sp³-hybridized carbons (Fsp3) is 0.179. The summed E-state index contributed by atoms with van der Waals surface area (Å²) in [5.41, 5.74) is 1.47. The van der Waals surface area contributed by atoms with E-state index in [1.165, 1.54) is 30.5 Å². The topological polar surface area (TPSA) is 98.2 Å². The molecule has 1 N–H and O–H groups in total. The number of nitrogens with zero attached hydrogens (tertiary/aromatic N) is 2. The molecule has 0 saturated carbocycles. The van der Waals surface area contributed by atoms with Crippen LogP contribution in [0.1, 0.15) is 24.1 Å². The van der Waals surface area contributed by atoms with Gasteiger partial charge in [-0.05, 0) is 67.1 Å². The van der Waals surface area contributed by atoms with Gasteiger partial charge < -0.3 is 19.3 Å². The number of hydrogen-bond donors (Lipinski definition) is 1. The van der Waals surface area contributed by atoms with E-state index in [0.717, 1.165) is 4.70 Å². The van der Waals surface area contributed by atoms with Crippen LogP contribution in [0.3, 0.4) is 0 Å². The molecule has 38 heavy (non-hydrogen) atoms. The summed E-state index contributed by atoms with van der Waals surface area (Å²) in [7, 11) is 3.01. The van der Waals surface area contributed by atoms with E-state index in [1.54, 1.807) is 60.7 Å². The summed E-state index contributed by atoms with van der Waals surface area (Å²) in [6, 6.07) is 16.0. The number of carbonyl (C=O) groups excluding carboxylic acids is 2. The van der Waals surface area contributed by atoms with Crippen LogP contribution in [0.5, 0.6) is 17.2 Å². The largest absolute Gasteiger partial charge is 0.507 e. The predicted octanol–water partition coefficient (Wildman–Crippen LogP) is 5.99. The van der Waals surface area contributed by atoms with Crippen molar-refractivity contribution in [2.45, 2.75) is 13.0 Å². The molecule has 2 heterocycles. The molecular formula is C28H23ClN2O6S. The molecule has 1 aliphatic rings. The standard InChI is InChI=1S/C28H23ClN2O6S/c1-4-37-18-9-5-15(6-10-18)25(32)23-24(16-7-12-20(35-2)21(13-16)36-3)31(27(34)26(23)33)28-30-19-11-8-17(29)14-22(19)38-28/h5-14,24,32H,4H2,1-3H3. The van der Waals surface area contributed by atoms with Crippen LogP contribution in [0, 0.1) is 0 Å². The van der Waals surface area contributed by atoms with Crippen molar-refractivity contribution in [3.05, 3.63) is 82.4 Å². The van der Waals surface area contributed by atoms with E-state index in [9.17, 15) is 14.7 Å². The van der Waals surface area contributed by atoms with E-state index in [2.05, 4.69) is 4.98 Å². The van der Waals surface area contributed by atoms with Crippen LogP contribution in [-0.4, -0.2) is 42.6 Å². The van der Waals surface area contributed by atoms with Gasteiger partial charge in [-0.3, -0.25) is 14.5 Å². The normalized spacial score (nSPS) is 16.7. The van der Waals surface area contributed by atoms with Gasteiger partial charge in [0.25, 0.3) is 5.78 Å². The maximum absolute atomic E-state index is 13.5. The van der Waals surface area contributed by atoms with Crippen molar-refractivity contribution >= 4 is 55.7 Å². The third-order valence-corrected chi connectivity index (χ3v) is 7.40. The number of fused-ring (bicyclic) bond motifs is 1. The molecule has 10 heteroatoms. The molecule has 1 amide bonds. The molecule has 3 aromatic carbocycles. The Morgan fingerprint density at radius 2 is 1.76 bits per heavy atom. The number of carbonyl (C=O) groups is 2. The summed E-state index contributed by atoms with van der Waals surface area (Å²) in [4.78, 5) is 32.9.